The quantitative estimate of drug-likeness (QED) is 0.593. The number of benzene rings is 1. The van der Waals surface area contributed by atoms with Crippen LogP contribution in [0.4, 0.5) is 11.5 Å². The number of nitrogens with zero attached hydrogens (tertiary/aromatic N) is 7. The van der Waals surface area contributed by atoms with Gasteiger partial charge in [-0.1, -0.05) is 6.07 Å². The number of piperidine rings is 1. The molecule has 5 rings (SSSR count). The normalized spacial score (nSPS) is 17.3. The van der Waals surface area contributed by atoms with Crippen molar-refractivity contribution in [2.45, 2.75) is 12.8 Å². The highest BCUT2D eigenvalue weighted by Crippen LogP contribution is 2.26. The molecule has 2 saturated heterocycles. The van der Waals surface area contributed by atoms with Gasteiger partial charge in [-0.2, -0.15) is 0 Å². The summed E-state index contributed by atoms with van der Waals surface area (Å²) in [4.78, 5) is 32.7. The van der Waals surface area contributed by atoms with E-state index < -0.39 is 0 Å². The summed E-state index contributed by atoms with van der Waals surface area (Å²) in [6.45, 7) is 4.85. The van der Waals surface area contributed by atoms with E-state index in [0.717, 1.165) is 75.2 Å². The highest BCUT2D eigenvalue weighted by molar-refractivity contribution is 5.79. The Morgan fingerprint density at radius 2 is 1.76 bits per heavy atom. The van der Waals surface area contributed by atoms with Gasteiger partial charge in [0.1, 0.15) is 30.0 Å². The number of imidazole rings is 1. The zero-order valence-corrected chi connectivity index (χ0v) is 18.9. The first kappa shape index (κ1) is 21.2. The van der Waals surface area contributed by atoms with Crippen molar-refractivity contribution in [3.8, 4) is 11.6 Å². The molecule has 0 saturated carbocycles. The van der Waals surface area contributed by atoms with Crippen molar-refractivity contribution < 1.29 is 9.53 Å². The fourth-order valence-electron chi connectivity index (χ4n) is 4.65. The van der Waals surface area contributed by atoms with Crippen molar-refractivity contribution in [1.82, 2.24) is 24.4 Å². The molecular weight excluding hydrogens is 418 g/mol. The van der Waals surface area contributed by atoms with Crippen molar-refractivity contribution in [1.29, 1.82) is 0 Å². The number of carbonyl (C=O) groups excluding carboxylic acids is 1. The summed E-state index contributed by atoms with van der Waals surface area (Å²) in [6, 6.07) is 10.1. The molecule has 2 fully saturated rings. The van der Waals surface area contributed by atoms with Crippen LogP contribution in [0.5, 0.6) is 5.75 Å². The summed E-state index contributed by atoms with van der Waals surface area (Å²) >= 11 is 0. The molecule has 0 atom stereocenters. The molecule has 9 nitrogen and oxygen atoms in total. The summed E-state index contributed by atoms with van der Waals surface area (Å²) in [7, 11) is 1.68. The fourth-order valence-corrected chi connectivity index (χ4v) is 4.65. The van der Waals surface area contributed by atoms with E-state index >= 15 is 0 Å². The number of anilines is 2. The monoisotopic (exact) mass is 447 g/mol. The molecular formula is C24H29N7O2. The Kier molecular flexibility index (Phi) is 6.10. The minimum Gasteiger partial charge on any atom is -0.497 e. The van der Waals surface area contributed by atoms with Gasteiger partial charge in [0.2, 0.25) is 5.91 Å². The molecule has 0 spiro atoms. The predicted molar refractivity (Wildman–Crippen MR) is 126 cm³/mol. The smallest absolute Gasteiger partial charge is 0.225 e. The highest BCUT2D eigenvalue weighted by atomic mass is 16.5. The van der Waals surface area contributed by atoms with Crippen molar-refractivity contribution in [3.05, 3.63) is 55.4 Å². The Hall–Kier alpha value is -3.62. The number of aromatic nitrogens is 4. The van der Waals surface area contributed by atoms with Crippen LogP contribution in [0.25, 0.3) is 5.82 Å². The van der Waals surface area contributed by atoms with Gasteiger partial charge in [-0.25, -0.2) is 15.0 Å². The average Bonchev–Trinajstić information content (AvgIpc) is 3.44. The van der Waals surface area contributed by atoms with Gasteiger partial charge < -0.3 is 19.4 Å². The second-order valence-electron chi connectivity index (χ2n) is 8.48. The maximum Gasteiger partial charge on any atom is 0.225 e. The van der Waals surface area contributed by atoms with E-state index in [0.29, 0.717) is 5.91 Å². The molecule has 4 heterocycles. The first-order chi connectivity index (χ1) is 16.2. The predicted octanol–water partition coefficient (Wildman–Crippen LogP) is 2.24. The van der Waals surface area contributed by atoms with Gasteiger partial charge in [0, 0.05) is 75.4 Å². The van der Waals surface area contributed by atoms with Crippen LogP contribution in [0, 0.1) is 5.92 Å². The van der Waals surface area contributed by atoms with Crippen LogP contribution >= 0.6 is 0 Å². The summed E-state index contributed by atoms with van der Waals surface area (Å²) < 4.78 is 7.21. The molecule has 2 aliphatic heterocycles. The third-order valence-electron chi connectivity index (χ3n) is 6.59. The Labute approximate surface area is 193 Å². The fraction of sp³-hybridized carbons (Fsp3) is 0.417. The molecule has 2 aromatic heterocycles. The summed E-state index contributed by atoms with van der Waals surface area (Å²) in [6.07, 6.45) is 8.61. The first-order valence-electron chi connectivity index (χ1n) is 11.4. The van der Waals surface area contributed by atoms with Crippen LogP contribution in [-0.4, -0.2) is 76.7 Å². The van der Waals surface area contributed by atoms with E-state index in [2.05, 4.69) is 36.9 Å². The van der Waals surface area contributed by atoms with Gasteiger partial charge in [-0.05, 0) is 25.0 Å². The van der Waals surface area contributed by atoms with Crippen LogP contribution in [0.1, 0.15) is 12.8 Å². The lowest BCUT2D eigenvalue weighted by Gasteiger charge is -2.39. The lowest BCUT2D eigenvalue weighted by atomic mass is 9.95. The molecule has 0 bridgehead atoms. The SMILES string of the molecule is COc1cccc(N2CCN(C(=O)C3CCN(c4cc(-n5ccnc5)ncn4)CC3)CC2)c1. The summed E-state index contributed by atoms with van der Waals surface area (Å²) in [5.41, 5.74) is 1.15. The number of amides is 1. The van der Waals surface area contributed by atoms with E-state index in [4.69, 9.17) is 4.74 Å². The van der Waals surface area contributed by atoms with E-state index in [9.17, 15) is 4.79 Å². The number of hydrogen-bond acceptors (Lipinski definition) is 7. The molecule has 3 aromatic rings. The first-order valence-corrected chi connectivity index (χ1v) is 11.4. The standard InChI is InChI=1S/C24H29N7O2/c1-33-21-4-2-3-20(15-21)28-11-13-30(14-12-28)24(32)19-5-8-29(9-6-19)22-16-23(27-17-26-22)31-10-7-25-18-31/h2-4,7,10,15-19H,5-6,8-9,11-14H2,1H3. The van der Waals surface area contributed by atoms with Gasteiger partial charge in [0.25, 0.3) is 0 Å². The Morgan fingerprint density at radius 1 is 0.970 bits per heavy atom. The van der Waals surface area contributed by atoms with Gasteiger partial charge >= 0.3 is 0 Å². The maximum absolute atomic E-state index is 13.2. The third-order valence-corrected chi connectivity index (χ3v) is 6.59. The zero-order chi connectivity index (χ0) is 22.6. The molecule has 0 aliphatic carbocycles. The largest absolute Gasteiger partial charge is 0.497 e. The lowest BCUT2D eigenvalue weighted by molar-refractivity contribution is -0.136. The second-order valence-corrected chi connectivity index (χ2v) is 8.48. The average molecular weight is 448 g/mol. The number of ether oxygens (including phenoxy) is 1. The zero-order valence-electron chi connectivity index (χ0n) is 18.9. The molecule has 9 heteroatoms. The van der Waals surface area contributed by atoms with Gasteiger partial charge in [0.05, 0.1) is 7.11 Å². The number of rotatable bonds is 5. The van der Waals surface area contributed by atoms with Crippen LogP contribution in [0.2, 0.25) is 0 Å². The lowest BCUT2D eigenvalue weighted by Crippen LogP contribution is -2.51. The van der Waals surface area contributed by atoms with Crippen LogP contribution in [0.15, 0.2) is 55.4 Å². The van der Waals surface area contributed by atoms with Crippen LogP contribution in [0.3, 0.4) is 0 Å². The maximum atomic E-state index is 13.2. The molecule has 0 unspecified atom stereocenters. The van der Waals surface area contributed by atoms with Gasteiger partial charge in [-0.3, -0.25) is 9.36 Å². The third kappa shape index (κ3) is 4.62. The molecule has 2 aliphatic rings. The van der Waals surface area contributed by atoms with Crippen molar-refractivity contribution >= 4 is 17.4 Å². The van der Waals surface area contributed by atoms with E-state index in [1.165, 1.54) is 0 Å². The Bertz CT molecular complexity index is 1070. The van der Waals surface area contributed by atoms with Crippen molar-refractivity contribution in [2.24, 2.45) is 5.92 Å². The number of piperazine rings is 1. The molecule has 1 aromatic carbocycles. The Morgan fingerprint density at radius 3 is 2.48 bits per heavy atom. The van der Waals surface area contributed by atoms with Gasteiger partial charge in [-0.15, -0.1) is 0 Å². The van der Waals surface area contributed by atoms with Crippen molar-refractivity contribution in [3.63, 3.8) is 0 Å². The van der Waals surface area contributed by atoms with E-state index in [1.54, 1.807) is 26.0 Å². The van der Waals surface area contributed by atoms with E-state index in [1.807, 2.05) is 33.9 Å². The topological polar surface area (TPSA) is 79.6 Å². The number of carbonyl (C=O) groups is 1. The minimum atomic E-state index is 0.0829. The van der Waals surface area contributed by atoms with Crippen LogP contribution < -0.4 is 14.5 Å². The van der Waals surface area contributed by atoms with Crippen molar-refractivity contribution in [2.75, 3.05) is 56.2 Å². The second kappa shape index (κ2) is 9.48. The number of hydrogen-bond donors (Lipinski definition) is 0. The highest BCUT2D eigenvalue weighted by Gasteiger charge is 2.31. The minimum absolute atomic E-state index is 0.0829. The molecule has 0 N–H and O–H groups in total. The Balaban J connectivity index is 1.14. The molecule has 172 valence electrons. The molecule has 1 amide bonds. The molecule has 0 radical (unpaired) electrons. The molecule has 33 heavy (non-hydrogen) atoms. The van der Waals surface area contributed by atoms with E-state index in [-0.39, 0.29) is 5.92 Å². The number of methoxy groups -OCH3 is 1. The summed E-state index contributed by atoms with van der Waals surface area (Å²) in [5.74, 6) is 2.93. The van der Waals surface area contributed by atoms with Crippen LogP contribution in [-0.2, 0) is 4.79 Å². The van der Waals surface area contributed by atoms with Gasteiger partial charge in [0.15, 0.2) is 0 Å². The summed E-state index contributed by atoms with van der Waals surface area (Å²) in [5, 5.41) is 0.